The molecular formula is C13H11Cl2NO2. The molecule has 0 aliphatic carbocycles. The van der Waals surface area contributed by atoms with Crippen LogP contribution in [0.15, 0.2) is 36.5 Å². The fourth-order valence-corrected chi connectivity index (χ4v) is 2.13. The van der Waals surface area contributed by atoms with Crippen molar-refractivity contribution in [3.05, 3.63) is 57.8 Å². The molecule has 1 atom stereocenters. The van der Waals surface area contributed by atoms with E-state index in [2.05, 4.69) is 4.98 Å². The van der Waals surface area contributed by atoms with Gasteiger partial charge >= 0.3 is 0 Å². The molecule has 0 aliphatic heterocycles. The predicted molar refractivity (Wildman–Crippen MR) is 71.0 cm³/mol. The van der Waals surface area contributed by atoms with E-state index >= 15 is 0 Å². The first-order valence-corrected chi connectivity index (χ1v) is 6.09. The molecule has 0 fully saturated rings. The summed E-state index contributed by atoms with van der Waals surface area (Å²) in [5.41, 5.74) is 1.28. The van der Waals surface area contributed by atoms with Gasteiger partial charge in [0.15, 0.2) is 0 Å². The molecule has 0 spiro atoms. The first kappa shape index (κ1) is 13.1. The van der Waals surface area contributed by atoms with Crippen LogP contribution in [0.3, 0.4) is 0 Å². The van der Waals surface area contributed by atoms with Crippen molar-refractivity contribution >= 4 is 23.2 Å². The second-order valence-electron chi connectivity index (χ2n) is 3.91. The first-order chi connectivity index (χ1) is 8.56. The van der Waals surface area contributed by atoms with Gasteiger partial charge in [-0.15, -0.1) is 0 Å². The number of pyridine rings is 1. The Hall–Kier alpha value is -1.29. The molecule has 5 heteroatoms. The molecule has 18 heavy (non-hydrogen) atoms. The number of rotatable bonds is 3. The number of aliphatic hydroxyl groups is 1. The average Bonchev–Trinajstić information content (AvgIpc) is 2.32. The van der Waals surface area contributed by atoms with Crippen molar-refractivity contribution in [1.29, 1.82) is 0 Å². The van der Waals surface area contributed by atoms with Gasteiger partial charge in [0.1, 0.15) is 11.9 Å². The molecule has 1 aromatic heterocycles. The lowest BCUT2D eigenvalue weighted by Gasteiger charge is -2.12. The highest BCUT2D eigenvalue weighted by Gasteiger charge is 2.14. The lowest BCUT2D eigenvalue weighted by atomic mass is 10.1. The van der Waals surface area contributed by atoms with Crippen LogP contribution in [0.1, 0.15) is 17.4 Å². The van der Waals surface area contributed by atoms with Crippen molar-refractivity contribution in [3.8, 4) is 5.75 Å². The minimum absolute atomic E-state index is 0.191. The third-order valence-corrected chi connectivity index (χ3v) is 3.03. The van der Waals surface area contributed by atoms with Gasteiger partial charge in [0.25, 0.3) is 0 Å². The maximum atomic E-state index is 10.1. The average molecular weight is 284 g/mol. The molecule has 0 saturated carbocycles. The van der Waals surface area contributed by atoms with Gasteiger partial charge in [0.2, 0.25) is 0 Å². The lowest BCUT2D eigenvalue weighted by Crippen LogP contribution is -2.04. The molecule has 0 amide bonds. The molecule has 0 radical (unpaired) electrons. The normalized spacial score (nSPS) is 12.4. The fourth-order valence-electron chi connectivity index (χ4n) is 1.62. The van der Waals surface area contributed by atoms with E-state index in [4.69, 9.17) is 23.2 Å². The van der Waals surface area contributed by atoms with Crippen molar-refractivity contribution in [2.75, 3.05) is 0 Å². The van der Waals surface area contributed by atoms with Crippen molar-refractivity contribution < 1.29 is 10.2 Å². The largest absolute Gasteiger partial charge is 0.508 e. The number of nitrogens with zero attached hydrogens (tertiary/aromatic N) is 1. The summed E-state index contributed by atoms with van der Waals surface area (Å²) < 4.78 is 0. The van der Waals surface area contributed by atoms with Crippen LogP contribution < -0.4 is 0 Å². The number of halogens is 2. The lowest BCUT2D eigenvalue weighted by molar-refractivity contribution is 0.173. The molecule has 1 unspecified atom stereocenters. The Morgan fingerprint density at radius 3 is 2.44 bits per heavy atom. The molecule has 2 N–H and O–H groups in total. The zero-order chi connectivity index (χ0) is 13.1. The first-order valence-electron chi connectivity index (χ1n) is 5.33. The summed E-state index contributed by atoms with van der Waals surface area (Å²) in [7, 11) is 0. The van der Waals surface area contributed by atoms with E-state index in [1.54, 1.807) is 30.3 Å². The number of aromatic nitrogens is 1. The Bertz CT molecular complexity index is 543. The number of phenols is 1. The van der Waals surface area contributed by atoms with E-state index in [-0.39, 0.29) is 5.75 Å². The van der Waals surface area contributed by atoms with Gasteiger partial charge < -0.3 is 10.2 Å². The summed E-state index contributed by atoms with van der Waals surface area (Å²) in [5.74, 6) is 0.191. The molecular weight excluding hydrogens is 273 g/mol. The van der Waals surface area contributed by atoms with Crippen LogP contribution >= 0.6 is 23.2 Å². The molecule has 1 aromatic carbocycles. The third kappa shape index (κ3) is 3.13. The number of hydrogen-bond acceptors (Lipinski definition) is 3. The second-order valence-corrected chi connectivity index (χ2v) is 4.75. The molecule has 94 valence electrons. The Labute approximate surface area is 115 Å². The zero-order valence-corrected chi connectivity index (χ0v) is 10.9. The van der Waals surface area contributed by atoms with Crippen molar-refractivity contribution in [3.63, 3.8) is 0 Å². The van der Waals surface area contributed by atoms with Crippen LogP contribution in [0.4, 0.5) is 0 Å². The SMILES string of the molecule is Oc1ccc(CC(O)c2ncc(Cl)cc2Cl)cc1. The van der Waals surface area contributed by atoms with Crippen molar-refractivity contribution in [2.24, 2.45) is 0 Å². The van der Waals surface area contributed by atoms with Crippen LogP contribution in [0.5, 0.6) is 5.75 Å². The highest BCUT2D eigenvalue weighted by atomic mass is 35.5. The van der Waals surface area contributed by atoms with E-state index < -0.39 is 6.10 Å². The standard InChI is InChI=1S/C13H11Cl2NO2/c14-9-6-11(15)13(16-7-9)12(18)5-8-1-3-10(17)4-2-8/h1-4,6-7,12,17-18H,5H2. The Morgan fingerprint density at radius 1 is 1.17 bits per heavy atom. The summed E-state index contributed by atoms with van der Waals surface area (Å²) in [6.07, 6.45) is 1.01. The quantitative estimate of drug-likeness (QED) is 0.908. The summed E-state index contributed by atoms with van der Waals surface area (Å²) in [4.78, 5) is 4.03. The van der Waals surface area contributed by atoms with Crippen LogP contribution in [0, 0.1) is 0 Å². The van der Waals surface area contributed by atoms with Gasteiger partial charge in [0, 0.05) is 12.6 Å². The number of aromatic hydroxyl groups is 1. The number of phenolic OH excluding ortho intramolecular Hbond substituents is 1. The summed E-state index contributed by atoms with van der Waals surface area (Å²) in [6, 6.07) is 8.16. The zero-order valence-electron chi connectivity index (χ0n) is 9.35. The Morgan fingerprint density at radius 2 is 1.83 bits per heavy atom. The van der Waals surface area contributed by atoms with E-state index in [9.17, 15) is 10.2 Å². The van der Waals surface area contributed by atoms with E-state index in [0.717, 1.165) is 5.56 Å². The Balaban J connectivity index is 2.16. The van der Waals surface area contributed by atoms with Crippen LogP contribution in [-0.2, 0) is 6.42 Å². The van der Waals surface area contributed by atoms with Gasteiger partial charge in [-0.3, -0.25) is 4.98 Å². The molecule has 0 aliphatic rings. The van der Waals surface area contributed by atoms with Gasteiger partial charge in [-0.05, 0) is 23.8 Å². The van der Waals surface area contributed by atoms with Gasteiger partial charge in [-0.1, -0.05) is 35.3 Å². The molecule has 1 heterocycles. The highest BCUT2D eigenvalue weighted by molar-refractivity contribution is 6.34. The van der Waals surface area contributed by atoms with Gasteiger partial charge in [-0.25, -0.2) is 0 Å². The predicted octanol–water partition coefficient (Wildman–Crippen LogP) is 3.37. The second kappa shape index (κ2) is 5.57. The van der Waals surface area contributed by atoms with Crippen molar-refractivity contribution in [1.82, 2.24) is 4.98 Å². The fraction of sp³-hybridized carbons (Fsp3) is 0.154. The van der Waals surface area contributed by atoms with E-state index in [1.807, 2.05) is 0 Å². The van der Waals surface area contributed by atoms with E-state index in [1.165, 1.54) is 6.20 Å². The minimum Gasteiger partial charge on any atom is -0.508 e. The maximum Gasteiger partial charge on any atom is 0.115 e. The highest BCUT2D eigenvalue weighted by Crippen LogP contribution is 2.26. The van der Waals surface area contributed by atoms with Gasteiger partial charge in [-0.2, -0.15) is 0 Å². The topological polar surface area (TPSA) is 53.4 Å². The molecule has 0 saturated heterocycles. The number of benzene rings is 1. The van der Waals surface area contributed by atoms with Gasteiger partial charge in [0.05, 0.1) is 15.7 Å². The van der Waals surface area contributed by atoms with E-state index in [0.29, 0.717) is 22.2 Å². The van der Waals surface area contributed by atoms with Crippen molar-refractivity contribution in [2.45, 2.75) is 12.5 Å². The van der Waals surface area contributed by atoms with Crippen LogP contribution in [0.25, 0.3) is 0 Å². The summed E-state index contributed by atoms with van der Waals surface area (Å²) in [6.45, 7) is 0. The maximum absolute atomic E-state index is 10.1. The smallest absolute Gasteiger partial charge is 0.115 e. The summed E-state index contributed by atoms with van der Waals surface area (Å²) in [5, 5.41) is 20.0. The van der Waals surface area contributed by atoms with Crippen LogP contribution in [0.2, 0.25) is 10.0 Å². The summed E-state index contributed by atoms with van der Waals surface area (Å²) >= 11 is 11.7. The molecule has 2 rings (SSSR count). The monoisotopic (exact) mass is 283 g/mol. The third-order valence-electron chi connectivity index (χ3n) is 2.52. The van der Waals surface area contributed by atoms with Crippen LogP contribution in [-0.4, -0.2) is 15.2 Å². The Kier molecular flexibility index (Phi) is 4.07. The molecule has 2 aromatic rings. The molecule has 0 bridgehead atoms. The molecule has 3 nitrogen and oxygen atoms in total. The minimum atomic E-state index is -0.806. The number of aliphatic hydroxyl groups excluding tert-OH is 1. The number of hydrogen-bond donors (Lipinski definition) is 2.